The molecule has 1 aromatic heterocycles. The number of benzene rings is 2. The Morgan fingerprint density at radius 2 is 1.88 bits per heavy atom. The first-order chi connectivity index (χ1) is 11.5. The van der Waals surface area contributed by atoms with Crippen LogP contribution in [0, 0.1) is 13.8 Å². The highest BCUT2D eigenvalue weighted by Crippen LogP contribution is 2.35. The van der Waals surface area contributed by atoms with E-state index < -0.39 is 0 Å². The molecule has 1 N–H and O–H groups in total. The molecule has 1 amide bonds. The summed E-state index contributed by atoms with van der Waals surface area (Å²) in [5, 5.41) is 4.51. The highest BCUT2D eigenvalue weighted by Gasteiger charge is 2.16. The van der Waals surface area contributed by atoms with Gasteiger partial charge in [-0.3, -0.25) is 10.1 Å². The Morgan fingerprint density at radius 1 is 1.12 bits per heavy atom. The number of anilines is 1. The van der Waals surface area contributed by atoms with Crippen molar-refractivity contribution in [2.24, 2.45) is 0 Å². The molecule has 0 unspecified atom stereocenters. The lowest BCUT2D eigenvalue weighted by atomic mass is 10.1. The lowest BCUT2D eigenvalue weighted by Gasteiger charge is -2.05. The molecule has 0 spiro atoms. The van der Waals surface area contributed by atoms with E-state index in [-0.39, 0.29) is 5.91 Å². The number of halogens is 2. The molecule has 0 aliphatic carbocycles. The number of hydrogen-bond acceptors (Lipinski definition) is 3. The van der Waals surface area contributed by atoms with Crippen molar-refractivity contribution in [2.75, 3.05) is 5.32 Å². The van der Waals surface area contributed by atoms with Crippen LogP contribution in [0.5, 0.6) is 0 Å². The molecular formula is C18H14Cl2N2OS. The van der Waals surface area contributed by atoms with Gasteiger partial charge in [-0.2, -0.15) is 0 Å². The van der Waals surface area contributed by atoms with Crippen LogP contribution in [0.2, 0.25) is 10.0 Å². The van der Waals surface area contributed by atoms with Gasteiger partial charge < -0.3 is 0 Å². The summed E-state index contributed by atoms with van der Waals surface area (Å²) in [4.78, 5) is 17.9. The minimum atomic E-state index is -0.171. The summed E-state index contributed by atoms with van der Waals surface area (Å²) in [6, 6.07) is 12.7. The van der Waals surface area contributed by atoms with E-state index in [4.69, 9.17) is 23.2 Å². The van der Waals surface area contributed by atoms with Crippen molar-refractivity contribution < 1.29 is 4.79 Å². The maximum atomic E-state index is 12.4. The summed E-state index contributed by atoms with van der Waals surface area (Å²) in [6.07, 6.45) is 0. The molecule has 3 aromatic rings. The van der Waals surface area contributed by atoms with Gasteiger partial charge in [-0.25, -0.2) is 4.98 Å². The Bertz CT molecular complexity index is 921. The van der Waals surface area contributed by atoms with Crippen molar-refractivity contribution >= 4 is 45.6 Å². The maximum Gasteiger partial charge on any atom is 0.257 e. The number of aromatic nitrogens is 1. The smallest absolute Gasteiger partial charge is 0.257 e. The van der Waals surface area contributed by atoms with E-state index in [2.05, 4.69) is 10.3 Å². The van der Waals surface area contributed by atoms with Crippen molar-refractivity contribution in [2.45, 2.75) is 13.8 Å². The van der Waals surface area contributed by atoms with Crippen LogP contribution in [0.3, 0.4) is 0 Å². The second-order valence-corrected chi connectivity index (χ2v) is 7.36. The molecule has 3 rings (SSSR count). The molecule has 0 bridgehead atoms. The molecule has 2 aromatic carbocycles. The summed E-state index contributed by atoms with van der Waals surface area (Å²) in [7, 11) is 0. The van der Waals surface area contributed by atoms with E-state index in [1.54, 1.807) is 18.2 Å². The number of carbonyl (C=O) groups is 1. The first-order valence-corrected chi connectivity index (χ1v) is 8.83. The average Bonchev–Trinajstić information content (AvgIpc) is 2.88. The maximum absolute atomic E-state index is 12.4. The average molecular weight is 377 g/mol. The molecule has 0 saturated heterocycles. The minimum Gasteiger partial charge on any atom is -0.298 e. The van der Waals surface area contributed by atoms with Gasteiger partial charge in [-0.15, -0.1) is 11.3 Å². The molecule has 0 fully saturated rings. The fourth-order valence-corrected chi connectivity index (χ4v) is 3.69. The van der Waals surface area contributed by atoms with Gasteiger partial charge in [0.2, 0.25) is 0 Å². The Hall–Kier alpha value is -1.88. The van der Waals surface area contributed by atoms with Crippen LogP contribution in [0.25, 0.3) is 11.3 Å². The highest BCUT2D eigenvalue weighted by molar-refractivity contribution is 7.16. The van der Waals surface area contributed by atoms with Crippen LogP contribution in [0.4, 0.5) is 5.13 Å². The van der Waals surface area contributed by atoms with Gasteiger partial charge in [0, 0.05) is 21.0 Å². The van der Waals surface area contributed by atoms with Gasteiger partial charge >= 0.3 is 0 Å². The Morgan fingerprint density at radius 3 is 2.58 bits per heavy atom. The van der Waals surface area contributed by atoms with E-state index in [1.165, 1.54) is 11.3 Å². The summed E-state index contributed by atoms with van der Waals surface area (Å²) in [5.74, 6) is -0.171. The predicted molar refractivity (Wildman–Crippen MR) is 101 cm³/mol. The molecule has 0 saturated carbocycles. The first-order valence-electron chi connectivity index (χ1n) is 7.25. The second kappa shape index (κ2) is 6.93. The molecule has 1 heterocycles. The lowest BCUT2D eigenvalue weighted by molar-refractivity contribution is 0.102. The van der Waals surface area contributed by atoms with Gasteiger partial charge in [0.1, 0.15) is 0 Å². The summed E-state index contributed by atoms with van der Waals surface area (Å²) in [5.41, 5.74) is 3.11. The van der Waals surface area contributed by atoms with Crippen molar-refractivity contribution in [3.63, 3.8) is 0 Å². The zero-order chi connectivity index (χ0) is 17.3. The van der Waals surface area contributed by atoms with Gasteiger partial charge in [0.15, 0.2) is 5.13 Å². The molecule has 3 nitrogen and oxygen atoms in total. The fourth-order valence-electron chi connectivity index (χ4n) is 2.37. The summed E-state index contributed by atoms with van der Waals surface area (Å²) >= 11 is 13.6. The largest absolute Gasteiger partial charge is 0.298 e. The third kappa shape index (κ3) is 3.46. The van der Waals surface area contributed by atoms with Crippen molar-refractivity contribution in [1.82, 2.24) is 4.98 Å². The Balaban J connectivity index is 1.89. The fraction of sp³-hybridized carbons (Fsp3) is 0.111. The minimum absolute atomic E-state index is 0.171. The van der Waals surface area contributed by atoms with Crippen molar-refractivity contribution in [1.29, 1.82) is 0 Å². The second-order valence-electron chi connectivity index (χ2n) is 5.32. The zero-order valence-corrected chi connectivity index (χ0v) is 15.4. The molecule has 0 aliphatic rings. The van der Waals surface area contributed by atoms with E-state index in [0.717, 1.165) is 21.7 Å². The van der Waals surface area contributed by atoms with E-state index in [1.807, 2.05) is 38.1 Å². The Kier molecular flexibility index (Phi) is 4.90. The van der Waals surface area contributed by atoms with Crippen LogP contribution in [0.15, 0.2) is 42.5 Å². The first kappa shape index (κ1) is 17.0. The number of amides is 1. The van der Waals surface area contributed by atoms with Gasteiger partial charge in [0.05, 0.1) is 10.7 Å². The summed E-state index contributed by atoms with van der Waals surface area (Å²) < 4.78 is 0. The number of thiazole rings is 1. The number of rotatable bonds is 3. The van der Waals surface area contributed by atoms with Crippen LogP contribution in [-0.2, 0) is 0 Å². The molecule has 0 aliphatic heterocycles. The van der Waals surface area contributed by atoms with E-state index >= 15 is 0 Å². The molecule has 6 heteroatoms. The molecular weight excluding hydrogens is 363 g/mol. The standard InChI is InChI=1S/C18H14Cl2N2OS/c1-10-5-3-4-6-13(10)17(23)22-18-21-16(11(2)24-18)14-8-7-12(19)9-15(14)20/h3-9H,1-2H3,(H,21,22,23). The predicted octanol–water partition coefficient (Wildman–Crippen LogP) is 5.99. The van der Waals surface area contributed by atoms with E-state index in [9.17, 15) is 4.79 Å². The van der Waals surface area contributed by atoms with Crippen molar-refractivity contribution in [3.8, 4) is 11.3 Å². The topological polar surface area (TPSA) is 42.0 Å². The van der Waals surface area contributed by atoms with Gasteiger partial charge in [-0.1, -0.05) is 41.4 Å². The van der Waals surface area contributed by atoms with Crippen LogP contribution < -0.4 is 5.32 Å². The normalized spacial score (nSPS) is 10.7. The number of nitrogens with zero attached hydrogens (tertiary/aromatic N) is 1. The summed E-state index contributed by atoms with van der Waals surface area (Å²) in [6.45, 7) is 3.85. The third-order valence-electron chi connectivity index (χ3n) is 3.59. The number of aryl methyl sites for hydroxylation is 2. The molecule has 24 heavy (non-hydrogen) atoms. The Labute approximate surface area is 154 Å². The highest BCUT2D eigenvalue weighted by atomic mass is 35.5. The van der Waals surface area contributed by atoms with Crippen LogP contribution >= 0.6 is 34.5 Å². The lowest BCUT2D eigenvalue weighted by Crippen LogP contribution is -2.12. The van der Waals surface area contributed by atoms with Crippen LogP contribution in [-0.4, -0.2) is 10.9 Å². The number of hydrogen-bond donors (Lipinski definition) is 1. The third-order valence-corrected chi connectivity index (χ3v) is 5.03. The number of carbonyl (C=O) groups excluding carboxylic acids is 1. The monoisotopic (exact) mass is 376 g/mol. The molecule has 122 valence electrons. The number of nitrogens with one attached hydrogen (secondary N) is 1. The molecule has 0 atom stereocenters. The zero-order valence-electron chi connectivity index (χ0n) is 13.1. The van der Waals surface area contributed by atoms with Gasteiger partial charge in [-0.05, 0) is 43.7 Å². The van der Waals surface area contributed by atoms with Crippen molar-refractivity contribution in [3.05, 3.63) is 68.5 Å². The molecule has 0 radical (unpaired) electrons. The van der Waals surface area contributed by atoms with E-state index in [0.29, 0.717) is 20.7 Å². The quantitative estimate of drug-likeness (QED) is 0.610. The van der Waals surface area contributed by atoms with Gasteiger partial charge in [0.25, 0.3) is 5.91 Å². The van der Waals surface area contributed by atoms with Crippen LogP contribution in [0.1, 0.15) is 20.8 Å². The SMILES string of the molecule is Cc1ccccc1C(=O)Nc1nc(-c2ccc(Cl)cc2Cl)c(C)s1.